The van der Waals surface area contributed by atoms with Gasteiger partial charge >= 0.3 is 0 Å². The number of hydrogen-bond donors (Lipinski definition) is 1. The van der Waals surface area contributed by atoms with Crippen molar-refractivity contribution in [3.8, 4) is 5.75 Å². The van der Waals surface area contributed by atoms with E-state index in [1.165, 1.54) is 12.1 Å². The molecule has 0 aliphatic carbocycles. The third kappa shape index (κ3) is 5.85. The molecule has 0 aliphatic heterocycles. The molecule has 0 aromatic heterocycles. The van der Waals surface area contributed by atoms with Crippen LogP contribution >= 0.6 is 0 Å². The van der Waals surface area contributed by atoms with E-state index in [2.05, 4.69) is 11.9 Å². The van der Waals surface area contributed by atoms with E-state index in [0.717, 1.165) is 17.6 Å². The van der Waals surface area contributed by atoms with E-state index >= 15 is 0 Å². The second kappa shape index (κ2) is 8.67. The molecule has 4 heteroatoms. The third-order valence-corrected chi connectivity index (χ3v) is 2.75. The summed E-state index contributed by atoms with van der Waals surface area (Å²) in [6, 6.07) is 4.55. The van der Waals surface area contributed by atoms with Crippen LogP contribution in [0.3, 0.4) is 0 Å². The van der Waals surface area contributed by atoms with Crippen molar-refractivity contribution in [1.29, 1.82) is 0 Å². The summed E-state index contributed by atoms with van der Waals surface area (Å²) >= 11 is 0. The number of methoxy groups -OCH3 is 1. The lowest BCUT2D eigenvalue weighted by Crippen LogP contribution is -2.19. The van der Waals surface area contributed by atoms with Gasteiger partial charge in [0.15, 0.2) is 0 Å². The Balaban J connectivity index is 2.60. The Hall–Kier alpha value is -1.39. The molecule has 1 N–H and O–H groups in total. The molecule has 0 amide bonds. The predicted octanol–water partition coefficient (Wildman–Crippen LogP) is 2.91. The molecule has 0 fully saturated rings. The van der Waals surface area contributed by atoms with Crippen LogP contribution in [0.4, 0.5) is 4.39 Å². The van der Waals surface area contributed by atoms with E-state index in [1.807, 2.05) is 6.92 Å². The maximum absolute atomic E-state index is 13.3. The van der Waals surface area contributed by atoms with Gasteiger partial charge in [-0.1, -0.05) is 13.5 Å². The van der Waals surface area contributed by atoms with Crippen molar-refractivity contribution in [2.45, 2.75) is 19.9 Å². The van der Waals surface area contributed by atoms with Crippen molar-refractivity contribution in [1.82, 2.24) is 5.32 Å². The Morgan fingerprint density at radius 3 is 2.89 bits per heavy atom. The molecule has 0 saturated carbocycles. The van der Waals surface area contributed by atoms with E-state index in [0.29, 0.717) is 32.1 Å². The van der Waals surface area contributed by atoms with Crippen LogP contribution in [0.25, 0.3) is 0 Å². The minimum absolute atomic E-state index is 0.259. The quantitative estimate of drug-likeness (QED) is 0.551. The Bertz CT molecular complexity index is 407. The van der Waals surface area contributed by atoms with Crippen molar-refractivity contribution in [3.63, 3.8) is 0 Å². The van der Waals surface area contributed by atoms with Crippen LogP contribution in [0, 0.1) is 5.82 Å². The standard InChI is InChI=1S/C15H22FNO2/c1-4-12(2)11-19-15-6-5-14(16)9-13(15)10-17-7-8-18-3/h5-6,9,17H,2,4,7-8,10-11H2,1,3H3. The molecular formula is C15H22FNO2. The van der Waals surface area contributed by atoms with Gasteiger partial charge in [-0.3, -0.25) is 0 Å². The molecule has 0 saturated heterocycles. The molecule has 0 atom stereocenters. The summed E-state index contributed by atoms with van der Waals surface area (Å²) in [7, 11) is 1.65. The Kier molecular flexibility index (Phi) is 7.15. The zero-order valence-electron chi connectivity index (χ0n) is 11.7. The van der Waals surface area contributed by atoms with Crippen LogP contribution in [0.2, 0.25) is 0 Å². The summed E-state index contributed by atoms with van der Waals surface area (Å²) in [5.74, 6) is 0.436. The molecule has 106 valence electrons. The van der Waals surface area contributed by atoms with Gasteiger partial charge in [-0.15, -0.1) is 0 Å². The number of nitrogens with one attached hydrogen (secondary N) is 1. The summed E-state index contributed by atoms with van der Waals surface area (Å²) in [6.45, 7) is 8.28. The normalized spacial score (nSPS) is 10.5. The SMILES string of the molecule is C=C(CC)COc1ccc(F)cc1CNCCOC. The topological polar surface area (TPSA) is 30.5 Å². The predicted molar refractivity (Wildman–Crippen MR) is 74.9 cm³/mol. The zero-order valence-corrected chi connectivity index (χ0v) is 11.7. The summed E-state index contributed by atoms with van der Waals surface area (Å²) in [5.41, 5.74) is 1.82. The zero-order chi connectivity index (χ0) is 14.1. The maximum atomic E-state index is 13.3. The lowest BCUT2D eigenvalue weighted by atomic mass is 10.2. The highest BCUT2D eigenvalue weighted by atomic mass is 19.1. The molecule has 0 unspecified atom stereocenters. The van der Waals surface area contributed by atoms with Crippen molar-refractivity contribution < 1.29 is 13.9 Å². The van der Waals surface area contributed by atoms with E-state index < -0.39 is 0 Å². The molecule has 19 heavy (non-hydrogen) atoms. The first-order valence-electron chi connectivity index (χ1n) is 6.45. The highest BCUT2D eigenvalue weighted by molar-refractivity contribution is 5.34. The van der Waals surface area contributed by atoms with Gasteiger partial charge < -0.3 is 14.8 Å². The van der Waals surface area contributed by atoms with Gasteiger partial charge in [-0.25, -0.2) is 4.39 Å². The second-order valence-corrected chi connectivity index (χ2v) is 4.31. The van der Waals surface area contributed by atoms with E-state index in [1.54, 1.807) is 13.2 Å². The van der Waals surface area contributed by atoms with Gasteiger partial charge in [0.1, 0.15) is 18.2 Å². The van der Waals surface area contributed by atoms with Gasteiger partial charge in [0.05, 0.1) is 6.61 Å². The lowest BCUT2D eigenvalue weighted by molar-refractivity contribution is 0.199. The van der Waals surface area contributed by atoms with Crippen LogP contribution in [-0.2, 0) is 11.3 Å². The first kappa shape index (κ1) is 15.7. The third-order valence-electron chi connectivity index (χ3n) is 2.75. The van der Waals surface area contributed by atoms with Crippen molar-refractivity contribution >= 4 is 0 Å². The fourth-order valence-corrected chi connectivity index (χ4v) is 1.51. The lowest BCUT2D eigenvalue weighted by Gasteiger charge is -2.13. The van der Waals surface area contributed by atoms with E-state index in [-0.39, 0.29) is 5.82 Å². The van der Waals surface area contributed by atoms with Gasteiger partial charge in [-0.05, 0) is 30.2 Å². The molecule has 3 nitrogen and oxygen atoms in total. The fourth-order valence-electron chi connectivity index (χ4n) is 1.51. The first-order valence-corrected chi connectivity index (χ1v) is 6.45. The van der Waals surface area contributed by atoms with Crippen LogP contribution in [0.5, 0.6) is 5.75 Å². The van der Waals surface area contributed by atoms with E-state index in [4.69, 9.17) is 9.47 Å². The minimum Gasteiger partial charge on any atom is -0.489 e. The Labute approximate surface area is 114 Å². The van der Waals surface area contributed by atoms with E-state index in [9.17, 15) is 4.39 Å². The molecule has 0 spiro atoms. The smallest absolute Gasteiger partial charge is 0.124 e. The number of benzene rings is 1. The van der Waals surface area contributed by atoms with Crippen LogP contribution in [-0.4, -0.2) is 26.9 Å². The fraction of sp³-hybridized carbons (Fsp3) is 0.467. The number of halogens is 1. The Morgan fingerprint density at radius 2 is 2.21 bits per heavy atom. The monoisotopic (exact) mass is 267 g/mol. The average Bonchev–Trinajstić information content (AvgIpc) is 2.42. The minimum atomic E-state index is -0.259. The van der Waals surface area contributed by atoms with Crippen LogP contribution < -0.4 is 10.1 Å². The van der Waals surface area contributed by atoms with Gasteiger partial charge in [0.25, 0.3) is 0 Å². The Morgan fingerprint density at radius 1 is 1.42 bits per heavy atom. The molecule has 0 aliphatic rings. The molecule has 0 radical (unpaired) electrons. The molecule has 1 aromatic rings. The second-order valence-electron chi connectivity index (χ2n) is 4.31. The molecule has 0 heterocycles. The summed E-state index contributed by atoms with van der Waals surface area (Å²) in [4.78, 5) is 0. The van der Waals surface area contributed by atoms with Gasteiger partial charge in [-0.2, -0.15) is 0 Å². The van der Waals surface area contributed by atoms with Gasteiger partial charge in [0, 0.05) is 25.8 Å². The number of rotatable bonds is 9. The summed E-state index contributed by atoms with van der Waals surface area (Å²) in [6.07, 6.45) is 0.878. The molecule has 1 rings (SSSR count). The maximum Gasteiger partial charge on any atom is 0.124 e. The highest BCUT2D eigenvalue weighted by Gasteiger charge is 2.06. The first-order chi connectivity index (χ1) is 9.17. The van der Waals surface area contributed by atoms with Crippen molar-refractivity contribution in [2.24, 2.45) is 0 Å². The molecular weight excluding hydrogens is 245 g/mol. The summed E-state index contributed by atoms with van der Waals surface area (Å²) < 4.78 is 23.9. The van der Waals surface area contributed by atoms with Crippen LogP contribution in [0.1, 0.15) is 18.9 Å². The number of hydrogen-bond acceptors (Lipinski definition) is 3. The number of ether oxygens (including phenoxy) is 2. The van der Waals surface area contributed by atoms with Crippen LogP contribution in [0.15, 0.2) is 30.4 Å². The molecule has 1 aromatic carbocycles. The highest BCUT2D eigenvalue weighted by Crippen LogP contribution is 2.20. The van der Waals surface area contributed by atoms with Crippen molar-refractivity contribution in [3.05, 3.63) is 41.7 Å². The molecule has 0 bridgehead atoms. The average molecular weight is 267 g/mol. The van der Waals surface area contributed by atoms with Crippen molar-refractivity contribution in [2.75, 3.05) is 26.9 Å². The summed E-state index contributed by atoms with van der Waals surface area (Å²) in [5, 5.41) is 3.18. The van der Waals surface area contributed by atoms with Gasteiger partial charge in [0.2, 0.25) is 0 Å². The largest absolute Gasteiger partial charge is 0.489 e.